The molecular formula is C28H26F3N5O4S. The lowest BCUT2D eigenvalue weighted by Crippen LogP contribution is -2.35. The number of aromatic nitrogens is 2. The van der Waals surface area contributed by atoms with Crippen molar-refractivity contribution in [3.63, 3.8) is 0 Å². The van der Waals surface area contributed by atoms with Crippen molar-refractivity contribution < 1.29 is 27.6 Å². The maximum Gasteiger partial charge on any atom is 0.410 e. The summed E-state index contributed by atoms with van der Waals surface area (Å²) in [5, 5.41) is 22.9. The molecule has 1 aliphatic rings. The molecule has 2 aromatic heterocycles. The molecule has 2 atom stereocenters. The predicted octanol–water partition coefficient (Wildman–Crippen LogP) is 7.99. The van der Waals surface area contributed by atoms with Crippen LogP contribution in [0.5, 0.6) is 11.5 Å². The molecule has 4 aromatic rings. The highest BCUT2D eigenvalue weighted by atomic mass is 32.1. The minimum Gasteiger partial charge on any atom is -0.457 e. The number of amides is 1. The van der Waals surface area contributed by atoms with Crippen molar-refractivity contribution in [1.82, 2.24) is 9.78 Å². The van der Waals surface area contributed by atoms with E-state index in [-0.39, 0.29) is 41.0 Å². The second-order valence-corrected chi connectivity index (χ2v) is 11.1. The Morgan fingerprint density at radius 2 is 2.00 bits per heavy atom. The zero-order valence-corrected chi connectivity index (χ0v) is 23.0. The number of fused-ring (bicyclic) bond motifs is 1. The third-order valence-corrected chi connectivity index (χ3v) is 7.67. The first-order chi connectivity index (χ1) is 19.4. The van der Waals surface area contributed by atoms with Gasteiger partial charge in [-0.2, -0.15) is 18.3 Å². The maximum atomic E-state index is 14.0. The summed E-state index contributed by atoms with van der Waals surface area (Å²) < 4.78 is 48.7. The minimum absolute atomic E-state index is 0.0284. The van der Waals surface area contributed by atoms with Gasteiger partial charge in [0.25, 0.3) is 11.6 Å². The fourth-order valence-corrected chi connectivity index (χ4v) is 5.50. The first-order valence-electron chi connectivity index (χ1n) is 12.7. The number of carbonyl (C=O) groups is 1. The summed E-state index contributed by atoms with van der Waals surface area (Å²) in [4.78, 5) is 24.9. The molecule has 0 spiro atoms. The molecule has 1 aliphatic heterocycles. The van der Waals surface area contributed by atoms with E-state index in [0.29, 0.717) is 5.75 Å². The van der Waals surface area contributed by atoms with E-state index in [1.807, 2.05) is 39.0 Å². The minimum atomic E-state index is -4.59. The smallest absolute Gasteiger partial charge is 0.410 e. The number of hydrogen-bond donors (Lipinski definition) is 2. The quantitative estimate of drug-likeness (QED) is 0.168. The number of hydrogen-bond acceptors (Lipinski definition) is 7. The van der Waals surface area contributed by atoms with E-state index in [2.05, 4.69) is 15.7 Å². The number of anilines is 2. The fraction of sp³-hybridized carbons (Fsp3) is 0.286. The molecule has 0 saturated carbocycles. The molecule has 2 N–H and O–H groups in total. The van der Waals surface area contributed by atoms with E-state index in [1.165, 1.54) is 29.5 Å². The second-order valence-electron chi connectivity index (χ2n) is 10.1. The van der Waals surface area contributed by atoms with Crippen LogP contribution in [0.2, 0.25) is 0 Å². The number of nitrogens with one attached hydrogen (secondary N) is 2. The first kappa shape index (κ1) is 28.1. The third kappa shape index (κ3) is 6.04. The van der Waals surface area contributed by atoms with Crippen molar-refractivity contribution in [3.8, 4) is 11.5 Å². The number of rotatable bonds is 7. The van der Waals surface area contributed by atoms with Crippen LogP contribution in [-0.2, 0) is 0 Å². The molecular weight excluding hydrogens is 559 g/mol. The van der Waals surface area contributed by atoms with E-state index >= 15 is 0 Å². The Morgan fingerprint density at radius 1 is 1.22 bits per heavy atom. The molecule has 13 heteroatoms. The highest BCUT2D eigenvalue weighted by Gasteiger charge is 2.47. The van der Waals surface area contributed by atoms with Gasteiger partial charge in [-0.25, -0.2) is 4.68 Å². The van der Waals surface area contributed by atoms with Crippen LogP contribution in [0.15, 0.2) is 60.0 Å². The molecule has 3 heterocycles. The van der Waals surface area contributed by atoms with Crippen LogP contribution in [0, 0.1) is 17.0 Å². The number of carbonyl (C=O) groups excluding carboxylic acids is 1. The maximum absolute atomic E-state index is 14.0. The summed E-state index contributed by atoms with van der Waals surface area (Å²) in [7, 11) is 0. The Balaban J connectivity index is 1.44. The molecule has 0 fully saturated rings. The van der Waals surface area contributed by atoms with Crippen LogP contribution in [0.3, 0.4) is 0 Å². The van der Waals surface area contributed by atoms with Gasteiger partial charge >= 0.3 is 6.18 Å². The highest BCUT2D eigenvalue weighted by molar-refractivity contribution is 7.10. The summed E-state index contributed by atoms with van der Waals surface area (Å²) in [6.45, 7) is 5.87. The lowest BCUT2D eigenvalue weighted by Gasteiger charge is -2.32. The average molecular weight is 586 g/mol. The van der Waals surface area contributed by atoms with Crippen LogP contribution >= 0.6 is 11.3 Å². The van der Waals surface area contributed by atoms with E-state index in [0.717, 1.165) is 26.8 Å². The van der Waals surface area contributed by atoms with Crippen molar-refractivity contribution in [3.05, 3.63) is 91.8 Å². The fourth-order valence-electron chi connectivity index (χ4n) is 4.71. The van der Waals surface area contributed by atoms with Gasteiger partial charge in [-0.15, -0.1) is 11.3 Å². The number of benzene rings is 2. The number of nitro benzene ring substituents is 1. The van der Waals surface area contributed by atoms with Gasteiger partial charge in [-0.1, -0.05) is 32.0 Å². The van der Waals surface area contributed by atoms with Gasteiger partial charge in [0.2, 0.25) is 0 Å². The summed E-state index contributed by atoms with van der Waals surface area (Å²) in [5.41, 5.74) is 1.24. The normalized spacial score (nSPS) is 16.7. The van der Waals surface area contributed by atoms with Crippen LogP contribution in [0.1, 0.15) is 64.8 Å². The SMILES string of the molecule is Cc1ccc(C(C)C)c(Oc2cc(NC(=O)c3cc4n(n3)[C@@H](C(F)(F)F)C[C@H](c3cccs3)N4)cc([N+](=O)[O-])c2)c1. The number of thiophene rings is 1. The van der Waals surface area contributed by atoms with Crippen LogP contribution in [0.4, 0.5) is 30.4 Å². The Hall–Kier alpha value is -4.39. The Bertz CT molecular complexity index is 1600. The average Bonchev–Trinajstić information content (AvgIpc) is 3.57. The number of non-ortho nitro benzene ring substituents is 1. The summed E-state index contributed by atoms with van der Waals surface area (Å²) in [5.74, 6) is -0.0326. The van der Waals surface area contributed by atoms with Gasteiger partial charge in [-0.05, 0) is 41.5 Å². The molecule has 5 rings (SSSR count). The first-order valence-corrected chi connectivity index (χ1v) is 13.6. The number of alkyl halides is 3. The third-order valence-electron chi connectivity index (χ3n) is 6.69. The monoisotopic (exact) mass is 585 g/mol. The van der Waals surface area contributed by atoms with Gasteiger partial charge in [0.15, 0.2) is 11.7 Å². The van der Waals surface area contributed by atoms with Crippen LogP contribution in [-0.4, -0.2) is 26.8 Å². The standard InChI is InChI=1S/C28H26F3N5O4S/c1-15(2)20-7-6-16(3)9-23(20)40-19-11-17(10-18(12-19)36(38)39)32-27(37)22-14-26-33-21(24-5-4-8-41-24)13-25(28(29,30)31)35(26)34-22/h4-12,14-15,21,25,33H,13H2,1-3H3,(H,32,37)/t21-,25-/m1/s1. The van der Waals surface area contributed by atoms with Crippen molar-refractivity contribution in [1.29, 1.82) is 0 Å². The summed E-state index contributed by atoms with van der Waals surface area (Å²) in [6.07, 6.45) is -4.88. The molecule has 214 valence electrons. The van der Waals surface area contributed by atoms with E-state index in [1.54, 1.807) is 17.5 Å². The molecule has 41 heavy (non-hydrogen) atoms. The molecule has 2 aromatic carbocycles. The highest BCUT2D eigenvalue weighted by Crippen LogP contribution is 2.44. The number of nitro groups is 1. The van der Waals surface area contributed by atoms with Crippen molar-refractivity contribution in [2.24, 2.45) is 0 Å². The molecule has 0 bridgehead atoms. The lowest BCUT2D eigenvalue weighted by molar-refractivity contribution is -0.384. The number of nitrogens with zero attached hydrogens (tertiary/aromatic N) is 3. The zero-order valence-electron chi connectivity index (χ0n) is 22.2. The molecule has 1 amide bonds. The Labute approximate surface area is 237 Å². The van der Waals surface area contributed by atoms with Gasteiger partial charge < -0.3 is 15.4 Å². The second kappa shape index (κ2) is 10.9. The van der Waals surface area contributed by atoms with Gasteiger partial charge in [0.1, 0.15) is 17.3 Å². The molecule has 9 nitrogen and oxygen atoms in total. The van der Waals surface area contributed by atoms with Crippen molar-refractivity contribution >= 4 is 34.4 Å². The van der Waals surface area contributed by atoms with E-state index in [9.17, 15) is 28.1 Å². The van der Waals surface area contributed by atoms with Crippen LogP contribution in [0.25, 0.3) is 0 Å². The lowest BCUT2D eigenvalue weighted by atomic mass is 10.0. The zero-order chi connectivity index (χ0) is 29.5. The predicted molar refractivity (Wildman–Crippen MR) is 149 cm³/mol. The number of aryl methyl sites for hydroxylation is 1. The largest absolute Gasteiger partial charge is 0.457 e. The van der Waals surface area contributed by atoms with Crippen molar-refractivity contribution in [2.75, 3.05) is 10.6 Å². The van der Waals surface area contributed by atoms with Crippen molar-refractivity contribution in [2.45, 2.75) is 51.4 Å². The van der Waals surface area contributed by atoms with Crippen LogP contribution < -0.4 is 15.4 Å². The number of halogens is 3. The van der Waals surface area contributed by atoms with Gasteiger partial charge in [0, 0.05) is 29.5 Å². The molecule has 0 unspecified atom stereocenters. The molecule has 0 radical (unpaired) electrons. The topological polar surface area (TPSA) is 111 Å². The van der Waals surface area contributed by atoms with Gasteiger partial charge in [-0.3, -0.25) is 14.9 Å². The summed E-state index contributed by atoms with van der Waals surface area (Å²) >= 11 is 1.33. The van der Waals surface area contributed by atoms with E-state index in [4.69, 9.17) is 4.74 Å². The Morgan fingerprint density at radius 3 is 2.66 bits per heavy atom. The molecule has 0 saturated heterocycles. The number of ether oxygens (including phenoxy) is 1. The summed E-state index contributed by atoms with van der Waals surface area (Å²) in [6, 6.07) is 11.7. The van der Waals surface area contributed by atoms with Gasteiger partial charge in [0.05, 0.1) is 22.7 Å². The molecule has 0 aliphatic carbocycles. The Kier molecular flexibility index (Phi) is 7.47. The van der Waals surface area contributed by atoms with E-state index < -0.39 is 29.1 Å².